The first-order valence-electron chi connectivity index (χ1n) is 5.25. The number of carbonyl (C=O) groups excluding carboxylic acids is 1. The molecule has 0 fully saturated rings. The van der Waals surface area contributed by atoms with E-state index >= 15 is 0 Å². The van der Waals surface area contributed by atoms with Crippen LogP contribution in [0.2, 0.25) is 0 Å². The smallest absolute Gasteiger partial charge is 0.293 e. The number of para-hydroxylation sites is 1. The summed E-state index contributed by atoms with van der Waals surface area (Å²) in [5, 5.41) is 11.2. The Morgan fingerprint density at radius 1 is 1.42 bits per heavy atom. The minimum Gasteiger partial charge on any atom is -0.355 e. The lowest BCUT2D eigenvalue weighted by Gasteiger charge is -1.98. The van der Waals surface area contributed by atoms with Gasteiger partial charge in [0.15, 0.2) is 15.6 Å². The van der Waals surface area contributed by atoms with Crippen molar-refractivity contribution in [1.29, 1.82) is 0 Å². The number of benzene rings is 1. The average molecular weight is 282 g/mol. The number of aromatic amines is 1. The Balaban J connectivity index is 2.56. The van der Waals surface area contributed by atoms with Crippen molar-refractivity contribution in [2.75, 3.05) is 12.0 Å². The number of Topliss-reactive ketones (excluding diaryl/α,β-unsaturated/α-hetero) is 1. The molecule has 0 aliphatic carbocycles. The number of ketones is 1. The summed E-state index contributed by atoms with van der Waals surface area (Å²) >= 11 is 0. The molecule has 2 rings (SSSR count). The van der Waals surface area contributed by atoms with Gasteiger partial charge in [-0.15, -0.1) is 0 Å². The van der Waals surface area contributed by atoms with Crippen LogP contribution in [0.4, 0.5) is 5.69 Å². The second kappa shape index (κ2) is 4.47. The van der Waals surface area contributed by atoms with Crippen LogP contribution in [0.5, 0.6) is 0 Å². The van der Waals surface area contributed by atoms with Crippen molar-refractivity contribution < 1.29 is 18.1 Å². The number of nitro benzene ring substituents is 1. The molecule has 0 aliphatic rings. The summed E-state index contributed by atoms with van der Waals surface area (Å²) in [5.74, 6) is -1.21. The number of H-pyrrole nitrogens is 1. The number of nitrogens with zero attached hydrogens (tertiary/aromatic N) is 1. The molecule has 7 nitrogen and oxygen atoms in total. The van der Waals surface area contributed by atoms with E-state index in [2.05, 4.69) is 4.98 Å². The number of hydrogen-bond donors (Lipinski definition) is 1. The fraction of sp³-hybridized carbons (Fsp3) is 0.182. The highest BCUT2D eigenvalue weighted by molar-refractivity contribution is 7.91. The fourth-order valence-corrected chi connectivity index (χ4v) is 2.47. The third-order valence-electron chi connectivity index (χ3n) is 2.58. The van der Waals surface area contributed by atoms with E-state index in [-0.39, 0.29) is 16.8 Å². The average Bonchev–Trinajstić information content (AvgIpc) is 2.69. The van der Waals surface area contributed by atoms with E-state index in [0.717, 1.165) is 6.26 Å². The number of hydrogen-bond acceptors (Lipinski definition) is 5. The van der Waals surface area contributed by atoms with Crippen molar-refractivity contribution in [3.8, 4) is 0 Å². The highest BCUT2D eigenvalue weighted by Crippen LogP contribution is 2.27. The van der Waals surface area contributed by atoms with Gasteiger partial charge in [0.1, 0.15) is 11.3 Å². The molecule has 0 bridgehead atoms. The van der Waals surface area contributed by atoms with Gasteiger partial charge in [0.25, 0.3) is 5.69 Å². The maximum atomic E-state index is 11.8. The Morgan fingerprint density at radius 3 is 2.68 bits per heavy atom. The molecule has 0 spiro atoms. The van der Waals surface area contributed by atoms with E-state index < -0.39 is 26.3 Å². The summed E-state index contributed by atoms with van der Waals surface area (Å²) in [6, 6.07) is 4.30. The molecule has 0 atom stereocenters. The Kier molecular flexibility index (Phi) is 3.11. The highest BCUT2D eigenvalue weighted by atomic mass is 32.2. The molecule has 0 saturated heterocycles. The molecule has 19 heavy (non-hydrogen) atoms. The van der Waals surface area contributed by atoms with Crippen LogP contribution in [-0.2, 0) is 9.84 Å². The molecule has 1 N–H and O–H groups in total. The van der Waals surface area contributed by atoms with Crippen LogP contribution in [0, 0.1) is 10.1 Å². The summed E-state index contributed by atoms with van der Waals surface area (Å²) < 4.78 is 22.2. The Morgan fingerprint density at radius 2 is 2.11 bits per heavy atom. The van der Waals surface area contributed by atoms with Gasteiger partial charge in [-0.1, -0.05) is 12.1 Å². The molecular weight excluding hydrogens is 272 g/mol. The van der Waals surface area contributed by atoms with Crippen molar-refractivity contribution in [3.63, 3.8) is 0 Å². The quantitative estimate of drug-likeness (QED) is 0.516. The zero-order chi connectivity index (χ0) is 14.2. The molecule has 0 aliphatic heterocycles. The van der Waals surface area contributed by atoms with E-state index in [1.54, 1.807) is 0 Å². The molecule has 0 amide bonds. The number of nitrogens with one attached hydrogen (secondary N) is 1. The number of carbonyl (C=O) groups is 1. The minimum atomic E-state index is -3.44. The van der Waals surface area contributed by atoms with Crippen molar-refractivity contribution in [2.45, 2.75) is 0 Å². The summed E-state index contributed by atoms with van der Waals surface area (Å²) in [6.07, 6.45) is 2.26. The second-order valence-corrected chi connectivity index (χ2v) is 6.29. The Hall–Kier alpha value is -2.22. The van der Waals surface area contributed by atoms with Crippen molar-refractivity contribution in [1.82, 2.24) is 4.98 Å². The standard InChI is InChI=1S/C11H10N2O5S/c1-19(17,18)6-10(14)8-5-12-11-7(8)3-2-4-9(11)13(15)16/h2-5,12H,6H2,1H3. The zero-order valence-corrected chi connectivity index (χ0v) is 10.7. The lowest BCUT2D eigenvalue weighted by Crippen LogP contribution is -2.14. The van der Waals surface area contributed by atoms with E-state index in [4.69, 9.17) is 0 Å². The van der Waals surface area contributed by atoms with Crippen LogP contribution >= 0.6 is 0 Å². The van der Waals surface area contributed by atoms with Gasteiger partial charge >= 0.3 is 0 Å². The SMILES string of the molecule is CS(=O)(=O)CC(=O)c1c[nH]c2c([N+](=O)[O-])cccc12. The monoisotopic (exact) mass is 282 g/mol. The molecule has 8 heteroatoms. The van der Waals surface area contributed by atoms with Gasteiger partial charge in [-0.2, -0.15) is 0 Å². The number of rotatable bonds is 4. The Labute approximate surface area is 108 Å². The number of nitro groups is 1. The molecule has 0 unspecified atom stereocenters. The van der Waals surface area contributed by atoms with Gasteiger partial charge < -0.3 is 4.98 Å². The van der Waals surface area contributed by atoms with E-state index in [1.807, 2.05) is 0 Å². The topological polar surface area (TPSA) is 110 Å². The molecule has 1 aromatic carbocycles. The van der Waals surface area contributed by atoms with Gasteiger partial charge in [-0.05, 0) is 0 Å². The van der Waals surface area contributed by atoms with Crippen molar-refractivity contribution >= 4 is 32.2 Å². The fourth-order valence-electron chi connectivity index (χ4n) is 1.84. The van der Waals surface area contributed by atoms with Crippen LogP contribution in [0.3, 0.4) is 0 Å². The molecule has 0 radical (unpaired) electrons. The minimum absolute atomic E-state index is 0.143. The maximum absolute atomic E-state index is 11.8. The number of fused-ring (bicyclic) bond motifs is 1. The molecule has 0 saturated carbocycles. The summed E-state index contributed by atoms with van der Waals surface area (Å²) in [6.45, 7) is 0. The van der Waals surface area contributed by atoms with Crippen LogP contribution in [0.1, 0.15) is 10.4 Å². The van der Waals surface area contributed by atoms with Gasteiger partial charge in [-0.3, -0.25) is 14.9 Å². The molecule has 1 heterocycles. The Bertz CT molecular complexity index is 775. The summed E-state index contributed by atoms with van der Waals surface area (Å²) in [7, 11) is -3.44. The van der Waals surface area contributed by atoms with Gasteiger partial charge in [-0.25, -0.2) is 8.42 Å². The normalized spacial score (nSPS) is 11.6. The van der Waals surface area contributed by atoms with Crippen LogP contribution in [0.15, 0.2) is 24.4 Å². The van der Waals surface area contributed by atoms with Crippen LogP contribution in [0.25, 0.3) is 10.9 Å². The predicted molar refractivity (Wildman–Crippen MR) is 69.0 cm³/mol. The van der Waals surface area contributed by atoms with E-state index in [9.17, 15) is 23.3 Å². The first-order chi connectivity index (χ1) is 8.79. The van der Waals surface area contributed by atoms with Gasteiger partial charge in [0.05, 0.1) is 4.92 Å². The van der Waals surface area contributed by atoms with Gasteiger partial charge in [0.2, 0.25) is 0 Å². The largest absolute Gasteiger partial charge is 0.355 e. The first-order valence-corrected chi connectivity index (χ1v) is 7.31. The molecule has 2 aromatic rings. The predicted octanol–water partition coefficient (Wildman–Crippen LogP) is 1.30. The lowest BCUT2D eigenvalue weighted by molar-refractivity contribution is -0.383. The third-order valence-corrected chi connectivity index (χ3v) is 3.37. The summed E-state index contributed by atoms with van der Waals surface area (Å²) in [5.41, 5.74) is 0.199. The van der Waals surface area contributed by atoms with E-state index in [0.29, 0.717) is 5.39 Å². The maximum Gasteiger partial charge on any atom is 0.293 e. The highest BCUT2D eigenvalue weighted by Gasteiger charge is 2.20. The number of non-ortho nitro benzene ring substituents is 1. The number of sulfone groups is 1. The second-order valence-electron chi connectivity index (χ2n) is 4.15. The van der Waals surface area contributed by atoms with Crippen LogP contribution in [-0.4, -0.2) is 36.1 Å². The molecule has 100 valence electrons. The first kappa shape index (κ1) is 13.2. The number of aromatic nitrogens is 1. The zero-order valence-electron chi connectivity index (χ0n) is 9.91. The molecule has 1 aromatic heterocycles. The van der Waals surface area contributed by atoms with Gasteiger partial charge in [0, 0.05) is 29.5 Å². The molecular formula is C11H10N2O5S. The lowest BCUT2D eigenvalue weighted by atomic mass is 10.1. The van der Waals surface area contributed by atoms with E-state index in [1.165, 1.54) is 24.4 Å². The van der Waals surface area contributed by atoms with Crippen LogP contribution < -0.4 is 0 Å². The third kappa shape index (κ3) is 2.63. The van der Waals surface area contributed by atoms with Crippen molar-refractivity contribution in [3.05, 3.63) is 40.1 Å². The summed E-state index contributed by atoms with van der Waals surface area (Å²) in [4.78, 5) is 24.8. The van der Waals surface area contributed by atoms with Crippen molar-refractivity contribution in [2.24, 2.45) is 0 Å².